The summed E-state index contributed by atoms with van der Waals surface area (Å²) < 4.78 is 0.898. The molecule has 6 heteroatoms. The Morgan fingerprint density at radius 3 is 3.00 bits per heavy atom. The van der Waals surface area contributed by atoms with E-state index in [2.05, 4.69) is 43.2 Å². The minimum absolute atomic E-state index is 0.0173. The van der Waals surface area contributed by atoms with Crippen LogP contribution in [-0.2, 0) is 4.79 Å². The normalized spacial score (nSPS) is 11.9. The molecule has 1 heterocycles. The fourth-order valence-electron chi connectivity index (χ4n) is 1.09. The molecular formula is C10H15IN4O. The Balaban J connectivity index is 2.54. The number of nitrogens with one attached hydrogen (secondary N) is 2. The van der Waals surface area contributed by atoms with Crippen molar-refractivity contribution in [2.45, 2.75) is 26.3 Å². The second-order valence-electron chi connectivity index (χ2n) is 3.38. The van der Waals surface area contributed by atoms with Crippen LogP contribution in [0, 0.1) is 3.57 Å². The molecule has 0 aliphatic carbocycles. The highest BCUT2D eigenvalue weighted by Gasteiger charge is 2.13. The lowest BCUT2D eigenvalue weighted by atomic mass is 10.3. The molecule has 1 atom stereocenters. The van der Waals surface area contributed by atoms with Gasteiger partial charge in [-0.2, -0.15) is 0 Å². The molecule has 2 N–H and O–H groups in total. The number of aromatic nitrogens is 2. The van der Waals surface area contributed by atoms with Crippen LogP contribution in [0.5, 0.6) is 0 Å². The van der Waals surface area contributed by atoms with Gasteiger partial charge in [0.1, 0.15) is 18.2 Å². The monoisotopic (exact) mass is 334 g/mol. The van der Waals surface area contributed by atoms with Gasteiger partial charge in [-0.1, -0.05) is 6.92 Å². The maximum absolute atomic E-state index is 11.6. The van der Waals surface area contributed by atoms with Gasteiger partial charge in [-0.15, -0.1) is 0 Å². The Kier molecular flexibility index (Phi) is 5.44. The van der Waals surface area contributed by atoms with Crippen molar-refractivity contribution in [1.29, 1.82) is 0 Å². The van der Waals surface area contributed by atoms with Crippen LogP contribution in [0.1, 0.15) is 20.3 Å². The number of rotatable bonds is 5. The van der Waals surface area contributed by atoms with Gasteiger partial charge in [0.2, 0.25) is 5.91 Å². The molecule has 16 heavy (non-hydrogen) atoms. The highest BCUT2D eigenvalue weighted by atomic mass is 127. The summed E-state index contributed by atoms with van der Waals surface area (Å²) in [6, 6.07) is -0.296. The molecule has 0 aromatic carbocycles. The second-order valence-corrected chi connectivity index (χ2v) is 4.54. The maximum Gasteiger partial charge on any atom is 0.242 e. The third kappa shape index (κ3) is 3.92. The Morgan fingerprint density at radius 2 is 2.38 bits per heavy atom. The van der Waals surface area contributed by atoms with Crippen LogP contribution < -0.4 is 10.6 Å². The standard InChI is InChI=1S/C10H15IN4O/c1-3-4-13-10(16)7(2)15-9-8(11)5-12-6-14-9/h5-7H,3-4H2,1-2H3,(H,13,16)(H,12,14,15). The number of halogens is 1. The lowest BCUT2D eigenvalue weighted by molar-refractivity contribution is -0.121. The Labute approximate surface area is 109 Å². The zero-order valence-corrected chi connectivity index (χ0v) is 11.5. The van der Waals surface area contributed by atoms with Gasteiger partial charge in [-0.25, -0.2) is 9.97 Å². The summed E-state index contributed by atoms with van der Waals surface area (Å²) in [6.45, 7) is 4.53. The van der Waals surface area contributed by atoms with Crippen molar-refractivity contribution in [3.63, 3.8) is 0 Å². The second kappa shape index (κ2) is 6.62. The Bertz CT molecular complexity index is 358. The molecular weight excluding hydrogens is 319 g/mol. The molecule has 0 aliphatic rings. The molecule has 0 aliphatic heterocycles. The topological polar surface area (TPSA) is 66.9 Å². The zero-order chi connectivity index (χ0) is 12.0. The quantitative estimate of drug-likeness (QED) is 0.799. The predicted molar refractivity (Wildman–Crippen MR) is 71.1 cm³/mol. The molecule has 1 rings (SSSR count). The van der Waals surface area contributed by atoms with Gasteiger partial charge in [0.25, 0.3) is 0 Å². The molecule has 0 radical (unpaired) electrons. The number of anilines is 1. The summed E-state index contributed by atoms with van der Waals surface area (Å²) in [5, 5.41) is 5.87. The van der Waals surface area contributed by atoms with Crippen LogP contribution in [0.15, 0.2) is 12.5 Å². The summed E-state index contributed by atoms with van der Waals surface area (Å²) >= 11 is 2.13. The molecule has 0 saturated heterocycles. The average molecular weight is 334 g/mol. The van der Waals surface area contributed by atoms with Gasteiger partial charge >= 0.3 is 0 Å². The van der Waals surface area contributed by atoms with Crippen LogP contribution in [0.2, 0.25) is 0 Å². The number of nitrogens with zero attached hydrogens (tertiary/aromatic N) is 2. The fraction of sp³-hybridized carbons (Fsp3) is 0.500. The van der Waals surface area contributed by atoms with E-state index in [0.29, 0.717) is 12.4 Å². The van der Waals surface area contributed by atoms with Crippen molar-refractivity contribution in [2.75, 3.05) is 11.9 Å². The van der Waals surface area contributed by atoms with Crippen LogP contribution in [0.4, 0.5) is 5.82 Å². The zero-order valence-electron chi connectivity index (χ0n) is 9.33. The minimum Gasteiger partial charge on any atom is -0.358 e. The Hall–Kier alpha value is -0.920. The first-order valence-corrected chi connectivity index (χ1v) is 6.22. The highest BCUT2D eigenvalue weighted by molar-refractivity contribution is 14.1. The van der Waals surface area contributed by atoms with E-state index in [0.717, 1.165) is 9.99 Å². The third-order valence-electron chi connectivity index (χ3n) is 1.96. The van der Waals surface area contributed by atoms with Gasteiger partial charge in [-0.05, 0) is 35.9 Å². The lowest BCUT2D eigenvalue weighted by Gasteiger charge is -2.14. The number of amides is 1. The average Bonchev–Trinajstić information content (AvgIpc) is 2.28. The van der Waals surface area contributed by atoms with Crippen molar-refractivity contribution in [1.82, 2.24) is 15.3 Å². The first-order chi connectivity index (χ1) is 7.65. The van der Waals surface area contributed by atoms with E-state index in [1.54, 1.807) is 6.20 Å². The molecule has 0 bridgehead atoms. The number of carbonyl (C=O) groups is 1. The Morgan fingerprint density at radius 1 is 1.62 bits per heavy atom. The molecule has 0 fully saturated rings. The predicted octanol–water partition coefficient (Wildman–Crippen LogP) is 1.41. The van der Waals surface area contributed by atoms with Gasteiger partial charge in [0.15, 0.2) is 0 Å². The van der Waals surface area contributed by atoms with Gasteiger partial charge in [0, 0.05) is 12.7 Å². The van der Waals surface area contributed by atoms with E-state index >= 15 is 0 Å². The SMILES string of the molecule is CCCNC(=O)C(C)Nc1ncncc1I. The van der Waals surface area contributed by atoms with E-state index in [1.807, 2.05) is 13.8 Å². The molecule has 88 valence electrons. The van der Waals surface area contributed by atoms with Crippen LogP contribution in [0.25, 0.3) is 0 Å². The minimum atomic E-state index is -0.296. The molecule has 1 aromatic rings. The van der Waals surface area contributed by atoms with E-state index in [9.17, 15) is 4.79 Å². The van der Waals surface area contributed by atoms with Crippen molar-refractivity contribution in [3.05, 3.63) is 16.1 Å². The molecule has 1 unspecified atom stereocenters. The molecule has 0 spiro atoms. The van der Waals surface area contributed by atoms with Crippen molar-refractivity contribution >= 4 is 34.3 Å². The van der Waals surface area contributed by atoms with E-state index < -0.39 is 0 Å². The van der Waals surface area contributed by atoms with Crippen molar-refractivity contribution < 1.29 is 4.79 Å². The number of carbonyl (C=O) groups excluding carboxylic acids is 1. The molecule has 0 saturated carbocycles. The smallest absolute Gasteiger partial charge is 0.242 e. The number of hydrogen-bond donors (Lipinski definition) is 2. The largest absolute Gasteiger partial charge is 0.358 e. The number of hydrogen-bond acceptors (Lipinski definition) is 4. The fourth-order valence-corrected chi connectivity index (χ4v) is 1.55. The van der Waals surface area contributed by atoms with Gasteiger partial charge < -0.3 is 10.6 Å². The van der Waals surface area contributed by atoms with E-state index in [1.165, 1.54) is 6.33 Å². The lowest BCUT2D eigenvalue weighted by Crippen LogP contribution is -2.38. The van der Waals surface area contributed by atoms with Gasteiger partial charge in [0.05, 0.1) is 3.57 Å². The van der Waals surface area contributed by atoms with Gasteiger partial charge in [-0.3, -0.25) is 4.79 Å². The van der Waals surface area contributed by atoms with E-state index in [4.69, 9.17) is 0 Å². The molecule has 5 nitrogen and oxygen atoms in total. The first kappa shape index (κ1) is 13.1. The molecule has 1 aromatic heterocycles. The summed E-state index contributed by atoms with van der Waals surface area (Å²) in [5.74, 6) is 0.672. The summed E-state index contributed by atoms with van der Waals surface area (Å²) in [5.41, 5.74) is 0. The highest BCUT2D eigenvalue weighted by Crippen LogP contribution is 2.13. The first-order valence-electron chi connectivity index (χ1n) is 5.15. The third-order valence-corrected chi connectivity index (χ3v) is 2.75. The van der Waals surface area contributed by atoms with Crippen LogP contribution in [0.3, 0.4) is 0 Å². The summed E-state index contributed by atoms with van der Waals surface area (Å²) in [4.78, 5) is 19.6. The summed E-state index contributed by atoms with van der Waals surface area (Å²) in [6.07, 6.45) is 4.09. The molecule has 1 amide bonds. The van der Waals surface area contributed by atoms with Crippen molar-refractivity contribution in [2.24, 2.45) is 0 Å². The van der Waals surface area contributed by atoms with Crippen molar-refractivity contribution in [3.8, 4) is 0 Å². The maximum atomic E-state index is 11.6. The summed E-state index contributed by atoms with van der Waals surface area (Å²) in [7, 11) is 0. The van der Waals surface area contributed by atoms with E-state index in [-0.39, 0.29) is 11.9 Å². The van der Waals surface area contributed by atoms with Crippen LogP contribution in [-0.4, -0.2) is 28.5 Å². The van der Waals surface area contributed by atoms with Crippen LogP contribution >= 0.6 is 22.6 Å².